The minimum atomic E-state index is -0.241. The number of fused-ring (bicyclic) bond motifs is 1. The molecule has 156 valence electrons. The van der Waals surface area contributed by atoms with E-state index in [9.17, 15) is 9.59 Å². The lowest BCUT2D eigenvalue weighted by Crippen LogP contribution is -2.19. The Hall–Kier alpha value is -2.86. The van der Waals surface area contributed by atoms with Gasteiger partial charge in [0.25, 0.3) is 5.56 Å². The summed E-state index contributed by atoms with van der Waals surface area (Å²) in [5.74, 6) is 0.953. The van der Waals surface area contributed by atoms with Gasteiger partial charge in [-0.2, -0.15) is 13.5 Å². The average Bonchev–Trinajstić information content (AvgIpc) is 2.72. The Labute approximate surface area is 183 Å². The summed E-state index contributed by atoms with van der Waals surface area (Å²) in [5, 5.41) is 0. The van der Waals surface area contributed by atoms with Gasteiger partial charge in [0.15, 0.2) is 0 Å². The number of nitrogens with zero attached hydrogens (tertiary/aromatic N) is 2. The standard InChI is InChI=1S/C24H24N2O3.H2S/c1-15-10-19(14-26(3)24(15)28)18-11-17-7-8-20(27)13-21(17)23(12-18)29-16(2)22-6-4-5-9-25-22;/h4-6,9-12,14,16H,7-8,13H2,1-3H3;1H2/t16-;/m0./s1. The molecule has 6 heteroatoms. The molecular weight excluding hydrogens is 396 g/mol. The molecule has 0 bridgehead atoms. The monoisotopic (exact) mass is 422 g/mol. The van der Waals surface area contributed by atoms with E-state index in [1.54, 1.807) is 17.8 Å². The number of carbonyl (C=O) groups is 1. The molecule has 1 aliphatic carbocycles. The van der Waals surface area contributed by atoms with Crippen LogP contribution >= 0.6 is 13.5 Å². The average molecular weight is 423 g/mol. The van der Waals surface area contributed by atoms with Crippen LogP contribution in [0.1, 0.15) is 41.8 Å². The van der Waals surface area contributed by atoms with Crippen LogP contribution in [0.3, 0.4) is 0 Å². The van der Waals surface area contributed by atoms with E-state index in [-0.39, 0.29) is 30.9 Å². The van der Waals surface area contributed by atoms with Crippen LogP contribution in [0.2, 0.25) is 0 Å². The third-order valence-corrected chi connectivity index (χ3v) is 5.45. The van der Waals surface area contributed by atoms with Gasteiger partial charge < -0.3 is 9.30 Å². The SMILES string of the molecule is Cc1cc(-c2cc3c(c(O[C@@H](C)c4ccccn4)c2)CC(=O)CC3)cn(C)c1=O.S. The molecule has 30 heavy (non-hydrogen) atoms. The highest BCUT2D eigenvalue weighted by atomic mass is 32.1. The molecule has 0 fully saturated rings. The minimum absolute atomic E-state index is 0. The number of hydrogen-bond donors (Lipinski definition) is 0. The third-order valence-electron chi connectivity index (χ3n) is 5.45. The first-order valence-corrected chi connectivity index (χ1v) is 9.85. The molecule has 1 aromatic carbocycles. The van der Waals surface area contributed by atoms with E-state index in [1.165, 1.54) is 0 Å². The zero-order valence-corrected chi connectivity index (χ0v) is 18.4. The van der Waals surface area contributed by atoms with E-state index in [1.807, 2.05) is 50.4 Å². The molecule has 3 aromatic rings. The van der Waals surface area contributed by atoms with Crippen LogP contribution in [0, 0.1) is 6.92 Å². The van der Waals surface area contributed by atoms with Crippen molar-refractivity contribution < 1.29 is 9.53 Å². The van der Waals surface area contributed by atoms with Gasteiger partial charge in [0.1, 0.15) is 17.6 Å². The highest BCUT2D eigenvalue weighted by molar-refractivity contribution is 7.59. The second kappa shape index (κ2) is 8.88. The minimum Gasteiger partial charge on any atom is -0.484 e. The molecule has 0 amide bonds. The normalized spacial score (nSPS) is 13.9. The third kappa shape index (κ3) is 4.33. The van der Waals surface area contributed by atoms with Gasteiger partial charge in [-0.3, -0.25) is 14.6 Å². The maximum absolute atomic E-state index is 12.1. The predicted octanol–water partition coefficient (Wildman–Crippen LogP) is 4.07. The van der Waals surface area contributed by atoms with Crippen molar-refractivity contribution in [1.29, 1.82) is 0 Å². The molecule has 2 heterocycles. The molecule has 5 nitrogen and oxygen atoms in total. The number of pyridine rings is 2. The van der Waals surface area contributed by atoms with Crippen molar-refractivity contribution in [1.82, 2.24) is 9.55 Å². The number of aryl methyl sites for hydroxylation is 3. The van der Waals surface area contributed by atoms with Gasteiger partial charge in [-0.25, -0.2) is 0 Å². The Bertz CT molecular complexity index is 1110. The maximum Gasteiger partial charge on any atom is 0.253 e. The molecular formula is C24H26N2O3S. The number of Topliss-reactive ketones (excluding diaryl/α,β-unsaturated/α-hetero) is 1. The first-order valence-electron chi connectivity index (χ1n) is 9.85. The molecule has 2 aromatic heterocycles. The second-order valence-electron chi connectivity index (χ2n) is 7.67. The van der Waals surface area contributed by atoms with Crippen LogP contribution in [0.15, 0.2) is 53.6 Å². The highest BCUT2D eigenvalue weighted by Crippen LogP contribution is 2.36. The van der Waals surface area contributed by atoms with Crippen LogP contribution in [-0.4, -0.2) is 15.3 Å². The summed E-state index contributed by atoms with van der Waals surface area (Å²) in [6.45, 7) is 3.78. The largest absolute Gasteiger partial charge is 0.484 e. The quantitative estimate of drug-likeness (QED) is 0.636. The van der Waals surface area contributed by atoms with Crippen molar-refractivity contribution in [3.8, 4) is 16.9 Å². The van der Waals surface area contributed by atoms with E-state index >= 15 is 0 Å². The second-order valence-corrected chi connectivity index (χ2v) is 7.67. The molecule has 1 atom stereocenters. The highest BCUT2D eigenvalue weighted by Gasteiger charge is 2.23. The molecule has 0 N–H and O–H groups in total. The summed E-state index contributed by atoms with van der Waals surface area (Å²) in [6.07, 6.45) is 5.01. The molecule has 0 unspecified atom stereocenters. The summed E-state index contributed by atoms with van der Waals surface area (Å²) >= 11 is 0. The lowest BCUT2D eigenvalue weighted by molar-refractivity contribution is -0.118. The zero-order chi connectivity index (χ0) is 20.5. The van der Waals surface area contributed by atoms with Crippen molar-refractivity contribution >= 4 is 19.3 Å². The first-order chi connectivity index (χ1) is 13.9. The Morgan fingerprint density at radius 2 is 1.90 bits per heavy atom. The van der Waals surface area contributed by atoms with Gasteiger partial charge in [-0.1, -0.05) is 12.1 Å². The summed E-state index contributed by atoms with van der Waals surface area (Å²) in [4.78, 5) is 28.6. The van der Waals surface area contributed by atoms with Gasteiger partial charge in [0.05, 0.1) is 5.69 Å². The van der Waals surface area contributed by atoms with Crippen LogP contribution in [0.5, 0.6) is 5.75 Å². The van der Waals surface area contributed by atoms with Crippen LogP contribution in [0.4, 0.5) is 0 Å². The molecule has 0 saturated heterocycles. The topological polar surface area (TPSA) is 61.2 Å². The number of ether oxygens (including phenoxy) is 1. The molecule has 0 aliphatic heterocycles. The van der Waals surface area contributed by atoms with Crippen LogP contribution in [-0.2, 0) is 24.7 Å². The summed E-state index contributed by atoms with van der Waals surface area (Å²) in [6, 6.07) is 11.8. The van der Waals surface area contributed by atoms with E-state index in [2.05, 4.69) is 11.1 Å². The molecule has 0 saturated carbocycles. The van der Waals surface area contributed by atoms with Crippen LogP contribution in [0.25, 0.3) is 11.1 Å². The molecule has 0 radical (unpaired) electrons. The fraction of sp³-hybridized carbons (Fsp3) is 0.292. The van der Waals surface area contributed by atoms with E-state index in [0.29, 0.717) is 24.8 Å². The molecule has 0 spiro atoms. The van der Waals surface area contributed by atoms with Crippen molar-refractivity contribution in [2.45, 2.75) is 39.2 Å². The summed E-state index contributed by atoms with van der Waals surface area (Å²) in [7, 11) is 1.76. The Balaban J connectivity index is 0.00000256. The van der Waals surface area contributed by atoms with E-state index in [0.717, 1.165) is 33.7 Å². The van der Waals surface area contributed by atoms with Crippen molar-refractivity contribution in [3.05, 3.63) is 81.5 Å². The van der Waals surface area contributed by atoms with Crippen molar-refractivity contribution in [3.63, 3.8) is 0 Å². The number of benzene rings is 1. The Morgan fingerprint density at radius 3 is 2.60 bits per heavy atom. The molecule has 1 aliphatic rings. The maximum atomic E-state index is 12.1. The number of hydrogen-bond acceptors (Lipinski definition) is 4. The van der Waals surface area contributed by atoms with E-state index < -0.39 is 0 Å². The van der Waals surface area contributed by atoms with Gasteiger partial charge >= 0.3 is 0 Å². The lowest BCUT2D eigenvalue weighted by Gasteiger charge is -2.23. The number of carbonyl (C=O) groups excluding carboxylic acids is 1. The number of ketones is 1. The smallest absolute Gasteiger partial charge is 0.253 e. The van der Waals surface area contributed by atoms with Crippen LogP contribution < -0.4 is 10.3 Å². The Morgan fingerprint density at radius 1 is 1.10 bits per heavy atom. The number of aromatic nitrogens is 2. The zero-order valence-electron chi connectivity index (χ0n) is 17.4. The van der Waals surface area contributed by atoms with Crippen molar-refractivity contribution in [2.75, 3.05) is 0 Å². The summed E-state index contributed by atoms with van der Waals surface area (Å²) in [5.41, 5.74) is 5.58. The fourth-order valence-corrected chi connectivity index (χ4v) is 3.86. The Kier molecular flexibility index (Phi) is 6.46. The predicted molar refractivity (Wildman–Crippen MR) is 123 cm³/mol. The van der Waals surface area contributed by atoms with Crippen molar-refractivity contribution in [2.24, 2.45) is 7.05 Å². The van der Waals surface area contributed by atoms with Gasteiger partial charge in [-0.05, 0) is 61.2 Å². The molecule has 4 rings (SSSR count). The number of rotatable bonds is 4. The lowest BCUT2D eigenvalue weighted by atomic mass is 9.87. The van der Waals surface area contributed by atoms with Gasteiger partial charge in [-0.15, -0.1) is 0 Å². The fourth-order valence-electron chi connectivity index (χ4n) is 3.86. The first kappa shape index (κ1) is 21.8. The summed E-state index contributed by atoms with van der Waals surface area (Å²) < 4.78 is 7.91. The van der Waals surface area contributed by atoms with Gasteiger partial charge in [0.2, 0.25) is 0 Å². The van der Waals surface area contributed by atoms with Gasteiger partial charge in [0, 0.05) is 43.4 Å². The van der Waals surface area contributed by atoms with E-state index in [4.69, 9.17) is 4.74 Å².